The highest BCUT2D eigenvalue weighted by Crippen LogP contribution is 2.22. The Labute approximate surface area is 117 Å². The highest BCUT2D eigenvalue weighted by Gasteiger charge is 2.08. The van der Waals surface area contributed by atoms with Crippen LogP contribution in [0.2, 0.25) is 0 Å². The van der Waals surface area contributed by atoms with E-state index in [1.165, 1.54) is 11.3 Å². The summed E-state index contributed by atoms with van der Waals surface area (Å²) in [6.07, 6.45) is 1.64. The highest BCUT2D eigenvalue weighted by atomic mass is 32.2. The number of thioether (sulfide) groups is 2. The summed E-state index contributed by atoms with van der Waals surface area (Å²) in [6, 6.07) is 1.88. The van der Waals surface area contributed by atoms with Crippen LogP contribution in [0, 0.1) is 0 Å². The number of aromatic nitrogens is 2. The second-order valence-corrected chi connectivity index (χ2v) is 7.06. The van der Waals surface area contributed by atoms with Gasteiger partial charge in [0.1, 0.15) is 9.08 Å². The molecule has 0 saturated carbocycles. The number of rotatable bonds is 3. The molecule has 2 aromatic heterocycles. The zero-order chi connectivity index (χ0) is 12.4. The van der Waals surface area contributed by atoms with Gasteiger partial charge in [0, 0.05) is 18.1 Å². The molecule has 3 rings (SSSR count). The van der Waals surface area contributed by atoms with E-state index in [4.69, 9.17) is 0 Å². The van der Waals surface area contributed by atoms with Crippen molar-refractivity contribution in [3.63, 3.8) is 0 Å². The molecule has 3 heterocycles. The summed E-state index contributed by atoms with van der Waals surface area (Å²) in [7, 11) is 0. The molecule has 1 aliphatic heterocycles. The van der Waals surface area contributed by atoms with Crippen LogP contribution < -0.4 is 5.56 Å². The molecule has 94 valence electrons. The smallest absolute Gasteiger partial charge is 0.271 e. The number of fused-ring (bicyclic) bond motifs is 1. The van der Waals surface area contributed by atoms with E-state index in [0.29, 0.717) is 6.54 Å². The van der Waals surface area contributed by atoms with E-state index >= 15 is 0 Å². The van der Waals surface area contributed by atoms with Crippen molar-refractivity contribution < 1.29 is 0 Å². The summed E-state index contributed by atoms with van der Waals surface area (Å²) in [5.74, 6) is 1.95. The molecule has 0 aliphatic carbocycles. The number of aryl methyl sites for hydroxylation is 1. The standard InChI is InChI=1S/C11H11N3OS3/c15-10-9-8(1-4-16-9)13-7-14(10)3-6-18-11-12-2-5-17-11/h1,4,7H,2-3,5-6H2. The fraction of sp³-hybridized carbons (Fsp3) is 0.364. The molecule has 2 aromatic rings. The first-order valence-electron chi connectivity index (χ1n) is 5.57. The molecule has 0 aromatic carbocycles. The number of hydrogen-bond acceptors (Lipinski definition) is 6. The second-order valence-electron chi connectivity index (χ2n) is 3.72. The van der Waals surface area contributed by atoms with Crippen molar-refractivity contribution in [1.29, 1.82) is 0 Å². The van der Waals surface area contributed by atoms with Crippen LogP contribution in [0.25, 0.3) is 10.2 Å². The van der Waals surface area contributed by atoms with Gasteiger partial charge in [0.15, 0.2) is 0 Å². The van der Waals surface area contributed by atoms with Crippen molar-refractivity contribution in [2.75, 3.05) is 18.1 Å². The molecular weight excluding hydrogens is 286 g/mol. The van der Waals surface area contributed by atoms with Gasteiger partial charge in [0.2, 0.25) is 0 Å². The maximum absolute atomic E-state index is 12.1. The average Bonchev–Trinajstić information content (AvgIpc) is 3.02. The van der Waals surface area contributed by atoms with Crippen LogP contribution in [-0.4, -0.2) is 32.0 Å². The Morgan fingerprint density at radius 1 is 1.50 bits per heavy atom. The monoisotopic (exact) mass is 297 g/mol. The fourth-order valence-corrected chi connectivity index (χ4v) is 4.48. The van der Waals surface area contributed by atoms with Crippen molar-refractivity contribution in [2.45, 2.75) is 6.54 Å². The van der Waals surface area contributed by atoms with E-state index in [1.54, 1.807) is 34.4 Å². The van der Waals surface area contributed by atoms with Crippen LogP contribution in [0.1, 0.15) is 0 Å². The van der Waals surface area contributed by atoms with E-state index in [1.807, 2.05) is 11.4 Å². The predicted molar refractivity (Wildman–Crippen MR) is 81.1 cm³/mol. The highest BCUT2D eigenvalue weighted by molar-refractivity contribution is 8.39. The van der Waals surface area contributed by atoms with Crippen molar-refractivity contribution >= 4 is 49.5 Å². The minimum absolute atomic E-state index is 0.0663. The third-order valence-corrected chi connectivity index (χ3v) is 5.68. The summed E-state index contributed by atoms with van der Waals surface area (Å²) >= 11 is 4.98. The molecule has 0 radical (unpaired) electrons. The zero-order valence-corrected chi connectivity index (χ0v) is 12.0. The maximum Gasteiger partial charge on any atom is 0.271 e. The van der Waals surface area contributed by atoms with Crippen LogP contribution in [0.3, 0.4) is 0 Å². The van der Waals surface area contributed by atoms with Gasteiger partial charge >= 0.3 is 0 Å². The lowest BCUT2D eigenvalue weighted by atomic mass is 10.5. The first-order valence-corrected chi connectivity index (χ1v) is 8.42. The largest absolute Gasteiger partial charge is 0.297 e. The van der Waals surface area contributed by atoms with Gasteiger partial charge in [-0.2, -0.15) is 0 Å². The van der Waals surface area contributed by atoms with E-state index in [9.17, 15) is 4.79 Å². The molecule has 7 heteroatoms. The molecule has 0 N–H and O–H groups in total. The first-order chi connectivity index (χ1) is 8.84. The van der Waals surface area contributed by atoms with E-state index < -0.39 is 0 Å². The molecule has 4 nitrogen and oxygen atoms in total. The van der Waals surface area contributed by atoms with Gasteiger partial charge in [-0.1, -0.05) is 23.5 Å². The van der Waals surface area contributed by atoms with Crippen molar-refractivity contribution in [2.24, 2.45) is 4.99 Å². The maximum atomic E-state index is 12.1. The van der Waals surface area contributed by atoms with Crippen molar-refractivity contribution in [3.05, 3.63) is 28.1 Å². The number of thiophene rings is 1. The van der Waals surface area contributed by atoms with Gasteiger partial charge in [-0.25, -0.2) is 4.98 Å². The Bertz CT molecular complexity index is 646. The first kappa shape index (κ1) is 12.3. The van der Waals surface area contributed by atoms with Crippen LogP contribution in [0.4, 0.5) is 0 Å². The Morgan fingerprint density at radius 3 is 3.28 bits per heavy atom. The van der Waals surface area contributed by atoms with Gasteiger partial charge in [0.05, 0.1) is 18.4 Å². The zero-order valence-electron chi connectivity index (χ0n) is 9.54. The predicted octanol–water partition coefficient (Wildman–Crippen LogP) is 2.29. The number of aliphatic imine (C=N–C) groups is 1. The Morgan fingerprint density at radius 2 is 2.44 bits per heavy atom. The molecule has 18 heavy (non-hydrogen) atoms. The van der Waals surface area contributed by atoms with Crippen LogP contribution >= 0.6 is 34.9 Å². The summed E-state index contributed by atoms with van der Waals surface area (Å²) < 4.78 is 3.58. The van der Waals surface area contributed by atoms with Crippen molar-refractivity contribution in [1.82, 2.24) is 9.55 Å². The molecule has 0 atom stereocenters. The van der Waals surface area contributed by atoms with Gasteiger partial charge in [-0.05, 0) is 11.4 Å². The second kappa shape index (κ2) is 5.46. The topological polar surface area (TPSA) is 47.2 Å². The third kappa shape index (κ3) is 2.48. The molecule has 0 saturated heterocycles. The molecule has 1 aliphatic rings. The average molecular weight is 297 g/mol. The van der Waals surface area contributed by atoms with Crippen LogP contribution in [0.15, 0.2) is 27.6 Å². The summed E-state index contributed by atoms with van der Waals surface area (Å²) in [4.78, 5) is 20.8. The number of hydrogen-bond donors (Lipinski definition) is 0. The minimum Gasteiger partial charge on any atom is -0.297 e. The van der Waals surface area contributed by atoms with Gasteiger partial charge in [-0.15, -0.1) is 11.3 Å². The molecule has 0 fully saturated rings. The minimum atomic E-state index is 0.0663. The number of nitrogens with zero attached hydrogens (tertiary/aromatic N) is 3. The lowest BCUT2D eigenvalue weighted by Gasteiger charge is -2.04. The molecule has 0 unspecified atom stereocenters. The van der Waals surface area contributed by atoms with Gasteiger partial charge in [-0.3, -0.25) is 14.4 Å². The fourth-order valence-electron chi connectivity index (χ4n) is 1.67. The lowest BCUT2D eigenvalue weighted by Crippen LogP contribution is -2.20. The Balaban J connectivity index is 1.70. The molecule has 0 amide bonds. The van der Waals surface area contributed by atoms with Gasteiger partial charge in [0.25, 0.3) is 5.56 Å². The summed E-state index contributed by atoms with van der Waals surface area (Å²) in [5.41, 5.74) is 0.862. The normalized spacial score (nSPS) is 15.2. The van der Waals surface area contributed by atoms with Crippen molar-refractivity contribution in [3.8, 4) is 0 Å². The van der Waals surface area contributed by atoms with E-state index in [0.717, 1.165) is 32.6 Å². The SMILES string of the molecule is O=c1c2sccc2ncn1CCSC1=NCCS1. The van der Waals surface area contributed by atoms with Crippen LogP contribution in [0.5, 0.6) is 0 Å². The van der Waals surface area contributed by atoms with E-state index in [2.05, 4.69) is 9.98 Å². The molecule has 0 bridgehead atoms. The Kier molecular flexibility index (Phi) is 3.72. The summed E-state index contributed by atoms with van der Waals surface area (Å²) in [6.45, 7) is 1.61. The van der Waals surface area contributed by atoms with Gasteiger partial charge < -0.3 is 0 Å². The molecule has 0 spiro atoms. The van der Waals surface area contributed by atoms with E-state index in [-0.39, 0.29) is 5.56 Å². The third-order valence-electron chi connectivity index (χ3n) is 2.55. The van der Waals surface area contributed by atoms with Crippen LogP contribution in [-0.2, 0) is 6.54 Å². The summed E-state index contributed by atoms with van der Waals surface area (Å²) in [5, 5.41) is 1.90. The quantitative estimate of drug-likeness (QED) is 0.872. The lowest BCUT2D eigenvalue weighted by molar-refractivity contribution is 0.727. The Hall–Kier alpha value is -0.790. The molecular formula is C11H11N3OS3.